The molecule has 0 saturated heterocycles. The van der Waals surface area contributed by atoms with Crippen molar-refractivity contribution in [3.63, 3.8) is 0 Å². The molecule has 1 heterocycles. The van der Waals surface area contributed by atoms with Gasteiger partial charge in [-0.1, -0.05) is 66.4 Å². The number of nitrogens with one attached hydrogen (secondary N) is 1. The van der Waals surface area contributed by atoms with Crippen LogP contribution in [0.25, 0.3) is 0 Å². The summed E-state index contributed by atoms with van der Waals surface area (Å²) in [6, 6.07) is 18.2. The highest BCUT2D eigenvalue weighted by atomic mass is 32.2. The summed E-state index contributed by atoms with van der Waals surface area (Å²) in [5.41, 5.74) is 3.34. The Morgan fingerprint density at radius 2 is 1.79 bits per heavy atom. The molecule has 1 N–H and O–H groups in total. The van der Waals surface area contributed by atoms with Crippen molar-refractivity contribution in [1.82, 2.24) is 20.1 Å². The first-order valence-corrected chi connectivity index (χ1v) is 10.6. The summed E-state index contributed by atoms with van der Waals surface area (Å²) < 4.78 is 7.53. The lowest BCUT2D eigenvalue weighted by molar-refractivity contribution is -0.118. The molecule has 1 amide bonds. The molecule has 0 aliphatic rings. The third kappa shape index (κ3) is 6.17. The molecular formula is C22H26N4O2S. The van der Waals surface area contributed by atoms with Gasteiger partial charge in [0.25, 0.3) is 0 Å². The number of rotatable bonds is 10. The molecule has 0 atom stereocenters. The molecule has 0 saturated carbocycles. The molecule has 3 aromatic rings. The lowest BCUT2D eigenvalue weighted by atomic mass is 10.1. The van der Waals surface area contributed by atoms with Gasteiger partial charge in [0.05, 0.1) is 18.9 Å². The van der Waals surface area contributed by atoms with Crippen LogP contribution in [0.3, 0.4) is 0 Å². The number of carbonyl (C=O) groups excluding carboxylic acids is 1. The molecule has 0 unspecified atom stereocenters. The van der Waals surface area contributed by atoms with Gasteiger partial charge in [-0.25, -0.2) is 0 Å². The number of thioether (sulfide) groups is 1. The second-order valence-electron chi connectivity index (χ2n) is 6.57. The second kappa shape index (κ2) is 10.8. The number of benzene rings is 2. The maximum Gasteiger partial charge on any atom is 0.230 e. The molecule has 1 aromatic heterocycles. The third-order valence-electron chi connectivity index (χ3n) is 4.47. The number of aromatic nitrogens is 3. The van der Waals surface area contributed by atoms with E-state index < -0.39 is 0 Å². The molecule has 0 bridgehead atoms. The topological polar surface area (TPSA) is 69.0 Å². The van der Waals surface area contributed by atoms with E-state index in [4.69, 9.17) is 4.74 Å². The normalized spacial score (nSPS) is 10.8. The zero-order valence-electron chi connectivity index (χ0n) is 16.8. The van der Waals surface area contributed by atoms with E-state index in [1.54, 1.807) is 0 Å². The second-order valence-corrected chi connectivity index (χ2v) is 7.52. The standard InChI is InChI=1S/C22H26N4O2S/c1-3-28-15-20-12-8-7-11-19(20)13-23-21(27)16-29-22-25-24-17(2)26(22)14-18-9-5-4-6-10-18/h4-12H,3,13-16H2,1-2H3,(H,23,27). The van der Waals surface area contributed by atoms with Crippen molar-refractivity contribution in [3.8, 4) is 0 Å². The summed E-state index contributed by atoms with van der Waals surface area (Å²) in [5, 5.41) is 12.1. The van der Waals surface area contributed by atoms with Gasteiger partial charge < -0.3 is 14.6 Å². The Labute approximate surface area is 175 Å². The van der Waals surface area contributed by atoms with Gasteiger partial charge in [0, 0.05) is 13.2 Å². The van der Waals surface area contributed by atoms with Crippen LogP contribution in [0.4, 0.5) is 0 Å². The minimum absolute atomic E-state index is 0.0341. The maximum atomic E-state index is 12.4. The van der Waals surface area contributed by atoms with Crippen molar-refractivity contribution < 1.29 is 9.53 Å². The SMILES string of the molecule is CCOCc1ccccc1CNC(=O)CSc1nnc(C)n1Cc1ccccc1. The van der Waals surface area contributed by atoms with Crippen LogP contribution in [0.2, 0.25) is 0 Å². The van der Waals surface area contributed by atoms with Crippen molar-refractivity contribution in [1.29, 1.82) is 0 Å². The smallest absolute Gasteiger partial charge is 0.230 e. The Morgan fingerprint density at radius 3 is 2.55 bits per heavy atom. The van der Waals surface area contributed by atoms with Crippen molar-refractivity contribution in [2.75, 3.05) is 12.4 Å². The number of nitrogens with zero attached hydrogens (tertiary/aromatic N) is 3. The number of ether oxygens (including phenoxy) is 1. The molecule has 0 aliphatic carbocycles. The van der Waals surface area contributed by atoms with Gasteiger partial charge in [-0.2, -0.15) is 0 Å². The van der Waals surface area contributed by atoms with Crippen LogP contribution in [-0.4, -0.2) is 33.0 Å². The Hall–Kier alpha value is -2.64. The predicted octanol–water partition coefficient (Wildman–Crippen LogP) is 3.58. The molecule has 152 valence electrons. The molecule has 0 fully saturated rings. The van der Waals surface area contributed by atoms with Crippen LogP contribution in [0, 0.1) is 6.92 Å². The monoisotopic (exact) mass is 410 g/mol. The largest absolute Gasteiger partial charge is 0.377 e. The first-order chi connectivity index (χ1) is 14.2. The van der Waals surface area contributed by atoms with Gasteiger partial charge in [0.1, 0.15) is 5.82 Å². The summed E-state index contributed by atoms with van der Waals surface area (Å²) in [6.07, 6.45) is 0. The van der Waals surface area contributed by atoms with Gasteiger partial charge in [0.2, 0.25) is 5.91 Å². The Kier molecular flexibility index (Phi) is 7.84. The highest BCUT2D eigenvalue weighted by molar-refractivity contribution is 7.99. The van der Waals surface area contributed by atoms with E-state index in [2.05, 4.69) is 27.6 Å². The Bertz CT molecular complexity index is 928. The van der Waals surface area contributed by atoms with E-state index in [9.17, 15) is 4.79 Å². The van der Waals surface area contributed by atoms with Gasteiger partial charge in [-0.3, -0.25) is 4.79 Å². The lowest BCUT2D eigenvalue weighted by Gasteiger charge is -2.11. The highest BCUT2D eigenvalue weighted by Gasteiger charge is 2.12. The van der Waals surface area contributed by atoms with Crippen molar-refractivity contribution in [2.45, 2.75) is 38.7 Å². The molecule has 0 aliphatic heterocycles. The van der Waals surface area contributed by atoms with E-state index >= 15 is 0 Å². The van der Waals surface area contributed by atoms with Crippen molar-refractivity contribution >= 4 is 17.7 Å². The quantitative estimate of drug-likeness (QED) is 0.518. The first-order valence-electron chi connectivity index (χ1n) is 9.65. The van der Waals surface area contributed by atoms with Crippen molar-refractivity contribution in [2.24, 2.45) is 0 Å². The number of hydrogen-bond acceptors (Lipinski definition) is 5. The number of aryl methyl sites for hydroxylation is 1. The van der Waals surface area contributed by atoms with Crippen molar-refractivity contribution in [3.05, 3.63) is 77.1 Å². The highest BCUT2D eigenvalue weighted by Crippen LogP contribution is 2.18. The van der Waals surface area contributed by atoms with Gasteiger partial charge >= 0.3 is 0 Å². The summed E-state index contributed by atoms with van der Waals surface area (Å²) in [6.45, 7) is 6.29. The number of hydrogen-bond donors (Lipinski definition) is 1. The van der Waals surface area contributed by atoms with E-state index in [0.29, 0.717) is 32.1 Å². The first kappa shape index (κ1) is 21.1. The van der Waals surface area contributed by atoms with Crippen LogP contribution in [0.1, 0.15) is 29.4 Å². The predicted molar refractivity (Wildman–Crippen MR) is 115 cm³/mol. The van der Waals surface area contributed by atoms with E-state index in [0.717, 1.165) is 22.1 Å². The lowest BCUT2D eigenvalue weighted by Crippen LogP contribution is -2.25. The number of carbonyl (C=O) groups is 1. The summed E-state index contributed by atoms with van der Waals surface area (Å²) >= 11 is 1.40. The average Bonchev–Trinajstić information content (AvgIpc) is 3.10. The molecular weight excluding hydrogens is 384 g/mol. The zero-order chi connectivity index (χ0) is 20.5. The molecule has 2 aromatic carbocycles. The summed E-state index contributed by atoms with van der Waals surface area (Å²) in [5.74, 6) is 1.09. The molecule has 0 radical (unpaired) electrons. The fourth-order valence-electron chi connectivity index (χ4n) is 2.87. The Morgan fingerprint density at radius 1 is 1.07 bits per heavy atom. The molecule has 6 nitrogen and oxygen atoms in total. The average molecular weight is 411 g/mol. The minimum atomic E-state index is -0.0341. The van der Waals surface area contributed by atoms with Crippen LogP contribution < -0.4 is 5.32 Å². The molecule has 29 heavy (non-hydrogen) atoms. The van der Waals surface area contributed by atoms with Gasteiger partial charge in [0.15, 0.2) is 5.16 Å². The van der Waals surface area contributed by atoms with E-state index in [1.165, 1.54) is 17.3 Å². The van der Waals surface area contributed by atoms with Crippen LogP contribution in [0.5, 0.6) is 0 Å². The molecule has 3 rings (SSSR count). The third-order valence-corrected chi connectivity index (χ3v) is 5.44. The van der Waals surface area contributed by atoms with Crippen LogP contribution >= 0.6 is 11.8 Å². The van der Waals surface area contributed by atoms with Crippen LogP contribution in [0.15, 0.2) is 59.8 Å². The molecule has 0 spiro atoms. The summed E-state index contributed by atoms with van der Waals surface area (Å²) in [4.78, 5) is 12.4. The van der Waals surface area contributed by atoms with Crippen LogP contribution in [-0.2, 0) is 29.2 Å². The maximum absolute atomic E-state index is 12.4. The van der Waals surface area contributed by atoms with E-state index in [-0.39, 0.29) is 5.91 Å². The molecule has 7 heteroatoms. The fourth-order valence-corrected chi connectivity index (χ4v) is 3.69. The summed E-state index contributed by atoms with van der Waals surface area (Å²) in [7, 11) is 0. The minimum Gasteiger partial charge on any atom is -0.377 e. The number of amides is 1. The van der Waals surface area contributed by atoms with Gasteiger partial charge in [-0.05, 0) is 30.5 Å². The van der Waals surface area contributed by atoms with Gasteiger partial charge in [-0.15, -0.1) is 10.2 Å². The fraction of sp³-hybridized carbons (Fsp3) is 0.318. The zero-order valence-corrected chi connectivity index (χ0v) is 17.6. The Balaban J connectivity index is 1.54. The van der Waals surface area contributed by atoms with E-state index in [1.807, 2.05) is 60.9 Å².